The molecule has 2 aromatic heterocycles. The summed E-state index contributed by atoms with van der Waals surface area (Å²) in [5.41, 5.74) is 7.33. The Morgan fingerprint density at radius 3 is 2.42 bits per heavy atom. The zero-order valence-corrected chi connectivity index (χ0v) is 21.4. The largest absolute Gasteiger partial charge is 0.352 e. The Morgan fingerprint density at radius 1 is 1.00 bits per heavy atom. The third kappa shape index (κ3) is 4.62. The molecule has 5 rings (SSSR count). The number of hydrogen-bond donors (Lipinski definition) is 2. The summed E-state index contributed by atoms with van der Waals surface area (Å²) in [6, 6.07) is 25.7. The van der Waals surface area contributed by atoms with E-state index >= 15 is 0 Å². The van der Waals surface area contributed by atoms with E-state index in [4.69, 9.17) is 12.2 Å². The number of amides is 1. The molecule has 0 spiro atoms. The van der Waals surface area contributed by atoms with Crippen molar-refractivity contribution in [3.63, 3.8) is 0 Å². The van der Waals surface area contributed by atoms with Crippen LogP contribution in [-0.4, -0.2) is 32.0 Å². The number of para-hydroxylation sites is 1. The van der Waals surface area contributed by atoms with Gasteiger partial charge in [-0.15, -0.1) is 0 Å². The quantitative estimate of drug-likeness (QED) is 0.350. The van der Waals surface area contributed by atoms with Crippen LogP contribution in [0.25, 0.3) is 5.69 Å². The van der Waals surface area contributed by atoms with Crippen molar-refractivity contribution >= 4 is 28.9 Å². The number of benzene rings is 2. The summed E-state index contributed by atoms with van der Waals surface area (Å²) >= 11 is 5.77. The Kier molecular flexibility index (Phi) is 6.57. The number of anilines is 1. The predicted octanol–water partition coefficient (Wildman–Crippen LogP) is 5.41. The van der Waals surface area contributed by atoms with Crippen LogP contribution >= 0.6 is 12.2 Å². The van der Waals surface area contributed by atoms with Crippen molar-refractivity contribution in [1.29, 1.82) is 0 Å². The van der Waals surface area contributed by atoms with Gasteiger partial charge in [-0.3, -0.25) is 9.78 Å². The zero-order chi connectivity index (χ0) is 25.2. The molecular weight excluding hydrogens is 466 g/mol. The van der Waals surface area contributed by atoms with Gasteiger partial charge in [0.15, 0.2) is 5.11 Å². The molecule has 1 aliphatic rings. The monoisotopic (exact) mass is 495 g/mol. The third-order valence-corrected chi connectivity index (χ3v) is 7.00. The van der Waals surface area contributed by atoms with Crippen LogP contribution in [0.5, 0.6) is 0 Å². The maximum atomic E-state index is 13.1. The number of nitrogens with one attached hydrogen (secondary N) is 2. The molecule has 1 aliphatic heterocycles. The first kappa shape index (κ1) is 23.8. The third-order valence-electron chi connectivity index (χ3n) is 6.65. The molecule has 0 aliphatic carbocycles. The number of aryl methyl sites for hydroxylation is 2. The van der Waals surface area contributed by atoms with Gasteiger partial charge in [-0.25, -0.2) is 0 Å². The molecule has 7 heteroatoms. The summed E-state index contributed by atoms with van der Waals surface area (Å²) in [5, 5.41) is 6.98. The van der Waals surface area contributed by atoms with E-state index in [2.05, 4.69) is 71.3 Å². The Labute approximate surface area is 217 Å². The second-order valence-corrected chi connectivity index (χ2v) is 9.55. The van der Waals surface area contributed by atoms with Gasteiger partial charge in [0.1, 0.15) is 6.54 Å². The lowest BCUT2D eigenvalue weighted by Gasteiger charge is -2.27. The van der Waals surface area contributed by atoms with Crippen molar-refractivity contribution in [3.8, 4) is 5.69 Å². The average Bonchev–Trinajstić information content (AvgIpc) is 3.35. The number of rotatable bonds is 6. The highest BCUT2D eigenvalue weighted by Crippen LogP contribution is 2.41. The molecule has 1 amide bonds. The molecule has 6 nitrogen and oxygen atoms in total. The summed E-state index contributed by atoms with van der Waals surface area (Å²) in [6.45, 7) is 6.45. The zero-order valence-electron chi connectivity index (χ0n) is 20.6. The molecule has 3 heterocycles. The van der Waals surface area contributed by atoms with Gasteiger partial charge in [-0.2, -0.15) is 0 Å². The molecule has 182 valence electrons. The summed E-state index contributed by atoms with van der Waals surface area (Å²) in [4.78, 5) is 19.7. The van der Waals surface area contributed by atoms with Gasteiger partial charge in [0, 0.05) is 29.0 Å². The van der Waals surface area contributed by atoms with Gasteiger partial charge >= 0.3 is 0 Å². The first-order valence-electron chi connectivity index (χ1n) is 12.0. The topological polar surface area (TPSA) is 62.2 Å². The van der Waals surface area contributed by atoms with Crippen LogP contribution in [0, 0.1) is 20.8 Å². The first-order chi connectivity index (χ1) is 17.4. The molecule has 2 atom stereocenters. The summed E-state index contributed by atoms with van der Waals surface area (Å²) in [5.74, 6) is -0.121. The minimum absolute atomic E-state index is 0.121. The van der Waals surface area contributed by atoms with Crippen LogP contribution in [0.2, 0.25) is 0 Å². The molecule has 0 bridgehead atoms. The molecular formula is C29H29N5OS. The smallest absolute Gasteiger partial charge is 0.244 e. The molecule has 2 N–H and O–H groups in total. The molecule has 36 heavy (non-hydrogen) atoms. The number of pyridine rings is 1. The molecule has 1 saturated heterocycles. The number of thiocarbonyl (C=S) groups is 1. The standard InChI is InChI=1S/C29H29N5OS/c1-19-12-14-23(15-13-19)34-20(2)17-24(21(34)3)28-27(25-11-7-8-16-30-25)32-29(36)33(28)18-26(35)31-22-9-5-4-6-10-22/h4-17,27-28H,18H2,1-3H3,(H,31,35)(H,32,36)/t27-,28-/m0/s1. The van der Waals surface area contributed by atoms with Gasteiger partial charge in [0.25, 0.3) is 0 Å². The minimum atomic E-state index is -0.195. The van der Waals surface area contributed by atoms with Crippen LogP contribution in [0.4, 0.5) is 5.69 Å². The first-order valence-corrected chi connectivity index (χ1v) is 12.4. The van der Waals surface area contributed by atoms with Crippen LogP contribution < -0.4 is 10.6 Å². The van der Waals surface area contributed by atoms with Gasteiger partial charge in [-0.05, 0) is 81.0 Å². The predicted molar refractivity (Wildman–Crippen MR) is 147 cm³/mol. The van der Waals surface area contributed by atoms with Gasteiger partial charge in [-0.1, -0.05) is 42.0 Å². The second kappa shape index (κ2) is 9.95. The van der Waals surface area contributed by atoms with E-state index in [1.807, 2.05) is 53.4 Å². The average molecular weight is 496 g/mol. The molecule has 0 unspecified atom stereocenters. The van der Waals surface area contributed by atoms with Gasteiger partial charge in [0.05, 0.1) is 17.8 Å². The second-order valence-electron chi connectivity index (χ2n) is 9.17. The maximum absolute atomic E-state index is 13.1. The fraction of sp³-hybridized carbons (Fsp3) is 0.207. The fourth-order valence-electron chi connectivity index (χ4n) is 4.97. The summed E-state index contributed by atoms with van der Waals surface area (Å²) in [7, 11) is 0. The van der Waals surface area contributed by atoms with E-state index in [1.54, 1.807) is 6.20 Å². The normalized spacial score (nSPS) is 17.2. The number of carbonyl (C=O) groups excluding carboxylic acids is 1. The fourth-order valence-corrected chi connectivity index (χ4v) is 5.27. The highest BCUT2D eigenvalue weighted by molar-refractivity contribution is 7.80. The minimum Gasteiger partial charge on any atom is -0.352 e. The summed E-state index contributed by atoms with van der Waals surface area (Å²) in [6.07, 6.45) is 1.79. The van der Waals surface area contributed by atoms with E-state index in [-0.39, 0.29) is 24.5 Å². The molecule has 0 saturated carbocycles. The maximum Gasteiger partial charge on any atom is 0.244 e. The van der Waals surface area contributed by atoms with Crippen molar-refractivity contribution in [1.82, 2.24) is 19.8 Å². The Balaban J connectivity index is 1.53. The molecule has 0 radical (unpaired) electrons. The number of hydrogen-bond acceptors (Lipinski definition) is 3. The molecule has 1 fully saturated rings. The molecule has 2 aromatic carbocycles. The van der Waals surface area contributed by atoms with E-state index in [9.17, 15) is 4.79 Å². The van der Waals surface area contributed by atoms with Crippen LogP contribution in [0.3, 0.4) is 0 Å². The van der Waals surface area contributed by atoms with E-state index < -0.39 is 0 Å². The number of aromatic nitrogens is 2. The number of carbonyl (C=O) groups is 1. The Bertz CT molecular complexity index is 1380. The van der Waals surface area contributed by atoms with Crippen molar-refractivity contribution in [3.05, 3.63) is 113 Å². The highest BCUT2D eigenvalue weighted by atomic mass is 32.1. The van der Waals surface area contributed by atoms with Crippen molar-refractivity contribution in [2.75, 3.05) is 11.9 Å². The number of nitrogens with zero attached hydrogens (tertiary/aromatic N) is 3. The van der Waals surface area contributed by atoms with E-state index in [0.29, 0.717) is 5.11 Å². The lowest BCUT2D eigenvalue weighted by molar-refractivity contribution is -0.116. The van der Waals surface area contributed by atoms with Crippen LogP contribution in [0.15, 0.2) is 85.1 Å². The SMILES string of the molecule is Cc1ccc(-n2c(C)cc([C@H]3[C@H](c4ccccn4)NC(=S)N3CC(=O)Nc3ccccc3)c2C)cc1. The van der Waals surface area contributed by atoms with Crippen molar-refractivity contribution in [2.45, 2.75) is 32.9 Å². The van der Waals surface area contributed by atoms with Gasteiger partial charge in [0.2, 0.25) is 5.91 Å². The van der Waals surface area contributed by atoms with Crippen LogP contribution in [-0.2, 0) is 4.79 Å². The Hall–Kier alpha value is -3.97. The van der Waals surface area contributed by atoms with Crippen molar-refractivity contribution < 1.29 is 4.79 Å². The van der Waals surface area contributed by atoms with Crippen molar-refractivity contribution in [2.24, 2.45) is 0 Å². The van der Waals surface area contributed by atoms with Crippen LogP contribution in [0.1, 0.15) is 40.3 Å². The highest BCUT2D eigenvalue weighted by Gasteiger charge is 2.42. The van der Waals surface area contributed by atoms with E-state index in [0.717, 1.165) is 34.0 Å². The van der Waals surface area contributed by atoms with Gasteiger partial charge < -0.3 is 20.1 Å². The molecule has 4 aromatic rings. The summed E-state index contributed by atoms with van der Waals surface area (Å²) < 4.78 is 2.26. The Morgan fingerprint density at radius 2 is 1.72 bits per heavy atom. The lowest BCUT2D eigenvalue weighted by Crippen LogP contribution is -2.37. The lowest BCUT2D eigenvalue weighted by atomic mass is 9.96. The van der Waals surface area contributed by atoms with E-state index in [1.165, 1.54) is 5.56 Å².